The van der Waals surface area contributed by atoms with Gasteiger partial charge in [-0.25, -0.2) is 24.6 Å². The average molecular weight is 523 g/mol. The van der Waals surface area contributed by atoms with Gasteiger partial charge in [0.1, 0.15) is 17.0 Å². The zero-order valence-corrected chi connectivity index (χ0v) is 20.9. The lowest BCUT2D eigenvalue weighted by Crippen LogP contribution is -2.40. The highest BCUT2D eigenvalue weighted by Crippen LogP contribution is 2.41. The number of hydrogen-bond donors (Lipinski definition) is 0. The molecule has 2 atom stereocenters. The third kappa shape index (κ3) is 4.41. The molecule has 0 bridgehead atoms. The summed E-state index contributed by atoms with van der Waals surface area (Å²) in [7, 11) is 0. The Balaban J connectivity index is 1.37. The van der Waals surface area contributed by atoms with Gasteiger partial charge in [0.15, 0.2) is 5.65 Å². The predicted molar refractivity (Wildman–Crippen MR) is 134 cm³/mol. The molecule has 8 nitrogen and oxygen atoms in total. The summed E-state index contributed by atoms with van der Waals surface area (Å²) in [6.45, 7) is 5.39. The fourth-order valence-corrected chi connectivity index (χ4v) is 4.99. The maximum Gasteiger partial charge on any atom is 0.420 e. The van der Waals surface area contributed by atoms with Crippen molar-refractivity contribution in [1.82, 2.24) is 24.6 Å². The van der Waals surface area contributed by atoms with Crippen LogP contribution in [-0.4, -0.2) is 50.5 Å². The third-order valence-electron chi connectivity index (χ3n) is 7.28. The fourth-order valence-electron chi connectivity index (χ4n) is 4.99. The standard InChI is InChI=1S/C27H25F3N6O2/c1-15-16(2)32-26-24(31-15)23(19-11-20(12-19)27(28,29)30)33-25(34-26)17-7-10-38-21(13-17)18-5-6-22(37)36(14-18)35-8-3-4-9-35/h3-6,14,17,21H,7-11,13H2,1-2H3/t17-,21+/m0/s1. The van der Waals surface area contributed by atoms with Gasteiger partial charge in [0.2, 0.25) is 0 Å². The first-order chi connectivity index (χ1) is 18.2. The van der Waals surface area contributed by atoms with Crippen molar-refractivity contribution in [3.8, 4) is 0 Å². The van der Waals surface area contributed by atoms with Crippen LogP contribution >= 0.6 is 0 Å². The van der Waals surface area contributed by atoms with Gasteiger partial charge in [0.25, 0.3) is 5.56 Å². The van der Waals surface area contributed by atoms with Gasteiger partial charge in [-0.3, -0.25) is 4.79 Å². The number of aromatic nitrogens is 5. The Morgan fingerprint density at radius 1 is 1.05 bits per heavy atom. The molecule has 0 N–H and O–H groups in total. The van der Waals surface area contributed by atoms with Crippen LogP contribution < -0.4 is 10.6 Å². The largest absolute Gasteiger partial charge is 0.420 e. The van der Waals surface area contributed by atoms with Crippen LogP contribution in [0.1, 0.15) is 59.8 Å². The molecule has 3 aliphatic rings. The molecule has 0 spiro atoms. The van der Waals surface area contributed by atoms with Gasteiger partial charge < -0.3 is 9.75 Å². The second-order valence-electron chi connectivity index (χ2n) is 9.82. The summed E-state index contributed by atoms with van der Waals surface area (Å²) in [6, 6.07) is 3.32. The molecular formula is C27H25F3N6O2. The minimum absolute atomic E-state index is 0.110. The number of rotatable bonds is 4. The topological polar surface area (TPSA) is 86.0 Å². The van der Waals surface area contributed by atoms with Crippen molar-refractivity contribution >= 4 is 16.7 Å². The van der Waals surface area contributed by atoms with Gasteiger partial charge in [-0.2, -0.15) is 13.2 Å². The van der Waals surface area contributed by atoms with Crippen LogP contribution in [0, 0.1) is 13.8 Å². The molecule has 6 rings (SSSR count). The summed E-state index contributed by atoms with van der Waals surface area (Å²) in [5, 5.41) is 1.93. The number of nitrogens with zero attached hydrogens (tertiary/aromatic N) is 6. The maximum atomic E-state index is 13.1. The molecule has 11 heteroatoms. The lowest BCUT2D eigenvalue weighted by molar-refractivity contribution is -0.0934. The molecule has 38 heavy (non-hydrogen) atoms. The van der Waals surface area contributed by atoms with Crippen molar-refractivity contribution < 1.29 is 17.9 Å². The van der Waals surface area contributed by atoms with Gasteiger partial charge in [-0.1, -0.05) is 12.2 Å². The van der Waals surface area contributed by atoms with Crippen molar-refractivity contribution in [1.29, 1.82) is 0 Å². The summed E-state index contributed by atoms with van der Waals surface area (Å²) in [5.41, 5.74) is 5.33. The molecular weight excluding hydrogens is 497 g/mol. The van der Waals surface area contributed by atoms with Crippen molar-refractivity contribution in [2.45, 2.75) is 51.3 Å². The maximum absolute atomic E-state index is 13.1. The molecule has 3 aromatic rings. The van der Waals surface area contributed by atoms with E-state index in [4.69, 9.17) is 14.7 Å². The number of fused-ring (bicyclic) bond motifs is 1. The second kappa shape index (κ2) is 9.18. The van der Waals surface area contributed by atoms with E-state index in [1.165, 1.54) is 0 Å². The second-order valence-corrected chi connectivity index (χ2v) is 9.82. The first-order valence-electron chi connectivity index (χ1n) is 12.5. The molecule has 3 aromatic heterocycles. The molecule has 1 fully saturated rings. The van der Waals surface area contributed by atoms with Gasteiger partial charge in [-0.15, -0.1) is 5.73 Å². The summed E-state index contributed by atoms with van der Waals surface area (Å²) >= 11 is 0. The zero-order chi connectivity index (χ0) is 26.6. The van der Waals surface area contributed by atoms with E-state index in [9.17, 15) is 18.0 Å². The molecule has 0 radical (unpaired) electrons. The van der Waals surface area contributed by atoms with E-state index in [0.29, 0.717) is 72.2 Å². The minimum atomic E-state index is -4.41. The Labute approximate surface area is 216 Å². The molecule has 0 aromatic carbocycles. The van der Waals surface area contributed by atoms with Crippen molar-refractivity contribution in [2.24, 2.45) is 0 Å². The summed E-state index contributed by atoms with van der Waals surface area (Å²) in [6.07, 6.45) is 2.07. The van der Waals surface area contributed by atoms with Crippen LogP contribution in [0.15, 0.2) is 46.6 Å². The van der Waals surface area contributed by atoms with Crippen molar-refractivity contribution in [2.75, 3.05) is 24.7 Å². The number of allylic oxidation sites excluding steroid dienone is 1. The summed E-state index contributed by atoms with van der Waals surface area (Å²) in [5.74, 6) is 0.394. The van der Waals surface area contributed by atoms with Crippen LogP contribution in [0.25, 0.3) is 16.7 Å². The van der Waals surface area contributed by atoms with Crippen LogP contribution in [-0.2, 0) is 4.74 Å². The number of halogens is 3. The quantitative estimate of drug-likeness (QED) is 0.375. The van der Waals surface area contributed by atoms with E-state index in [1.54, 1.807) is 23.7 Å². The van der Waals surface area contributed by atoms with Gasteiger partial charge in [-0.05, 0) is 38.3 Å². The normalized spacial score (nSPS) is 21.4. The Kier molecular flexibility index (Phi) is 5.92. The number of aryl methyl sites for hydroxylation is 2. The van der Waals surface area contributed by atoms with E-state index in [-0.39, 0.29) is 24.0 Å². The van der Waals surface area contributed by atoms with E-state index in [0.717, 1.165) is 5.56 Å². The SMILES string of the molecule is Cc1nc2nc([C@H]3CCO[C@@H](c4ccc(=O)n(N5CC=CC5)c4)C3)nc(C3=C=C(C(F)(F)F)C3)c2nc1C. The minimum Gasteiger partial charge on any atom is -0.373 e. The third-order valence-corrected chi connectivity index (χ3v) is 7.28. The van der Waals surface area contributed by atoms with Crippen molar-refractivity contribution in [3.05, 3.63) is 80.6 Å². The van der Waals surface area contributed by atoms with Crippen LogP contribution in [0.3, 0.4) is 0 Å². The Morgan fingerprint density at radius 3 is 2.53 bits per heavy atom. The number of hydrogen-bond acceptors (Lipinski definition) is 7. The van der Waals surface area contributed by atoms with Crippen molar-refractivity contribution in [3.63, 3.8) is 0 Å². The summed E-state index contributed by atoms with van der Waals surface area (Å²) < 4.78 is 47.1. The number of pyridine rings is 1. The fraction of sp³-hybridized carbons (Fsp3) is 0.407. The number of alkyl halides is 3. The molecule has 0 unspecified atom stereocenters. The smallest absolute Gasteiger partial charge is 0.373 e. The lowest BCUT2D eigenvalue weighted by atomic mass is 9.90. The molecule has 1 aliphatic carbocycles. The van der Waals surface area contributed by atoms with Crippen LogP contribution in [0.5, 0.6) is 0 Å². The molecule has 2 aliphatic heterocycles. The highest BCUT2D eigenvalue weighted by Gasteiger charge is 2.39. The molecule has 0 saturated carbocycles. The van der Waals surface area contributed by atoms with Gasteiger partial charge in [0, 0.05) is 36.8 Å². The summed E-state index contributed by atoms with van der Waals surface area (Å²) in [4.78, 5) is 31.1. The average Bonchev–Trinajstić information content (AvgIpc) is 3.38. The highest BCUT2D eigenvalue weighted by molar-refractivity contribution is 5.87. The van der Waals surface area contributed by atoms with Crippen LogP contribution in [0.4, 0.5) is 13.2 Å². The molecule has 5 heterocycles. The van der Waals surface area contributed by atoms with Gasteiger partial charge in [0.05, 0.1) is 36.2 Å². The highest BCUT2D eigenvalue weighted by atomic mass is 19.4. The zero-order valence-electron chi connectivity index (χ0n) is 20.9. The first kappa shape index (κ1) is 24.5. The molecule has 0 amide bonds. The Bertz CT molecular complexity index is 1590. The van der Waals surface area contributed by atoms with E-state index >= 15 is 0 Å². The Hall–Kier alpha value is -3.82. The first-order valence-corrected chi connectivity index (χ1v) is 12.5. The van der Waals surface area contributed by atoms with Crippen LogP contribution in [0.2, 0.25) is 0 Å². The molecule has 1 saturated heterocycles. The Morgan fingerprint density at radius 2 is 1.79 bits per heavy atom. The lowest BCUT2D eigenvalue weighted by Gasteiger charge is -2.30. The van der Waals surface area contributed by atoms with E-state index in [2.05, 4.69) is 15.7 Å². The number of ether oxygens (including phenoxy) is 1. The van der Waals surface area contributed by atoms with E-state index in [1.807, 2.05) is 30.3 Å². The molecule has 196 valence electrons. The van der Waals surface area contributed by atoms with Gasteiger partial charge >= 0.3 is 6.18 Å². The monoisotopic (exact) mass is 522 g/mol. The van der Waals surface area contributed by atoms with E-state index < -0.39 is 11.7 Å². The predicted octanol–water partition coefficient (Wildman–Crippen LogP) is 4.22.